The topological polar surface area (TPSA) is 32.3 Å². The van der Waals surface area contributed by atoms with Crippen LogP contribution in [0.3, 0.4) is 0 Å². The Morgan fingerprint density at radius 1 is 0.842 bits per heavy atom. The van der Waals surface area contributed by atoms with Crippen molar-refractivity contribution in [3.63, 3.8) is 0 Å². The maximum Gasteiger partial charge on any atom is 0.258 e. The number of rotatable bonds is 4. The maximum atomic E-state index is 13.6. The number of fused-ring (bicyclic) bond motifs is 5. The van der Waals surface area contributed by atoms with Gasteiger partial charge in [-0.2, -0.15) is 0 Å². The molecule has 38 heavy (non-hydrogen) atoms. The first-order chi connectivity index (χ1) is 18.7. The third kappa shape index (κ3) is 3.61. The average Bonchev–Trinajstić information content (AvgIpc) is 3.47. The third-order valence-electron chi connectivity index (χ3n) is 8.36. The highest BCUT2D eigenvalue weighted by Gasteiger charge is 2.39. The van der Waals surface area contributed by atoms with Gasteiger partial charge in [0.25, 0.3) is 5.91 Å². The Balaban J connectivity index is 1.33. The highest BCUT2D eigenvalue weighted by molar-refractivity contribution is 6.07. The van der Waals surface area contributed by atoms with Crippen LogP contribution in [-0.2, 0) is 0 Å². The molecule has 5 aromatic carbocycles. The second kappa shape index (κ2) is 9.18. The van der Waals surface area contributed by atoms with Gasteiger partial charge in [-0.15, -0.1) is 0 Å². The number of anilines is 2. The molecule has 3 heteroatoms. The van der Waals surface area contributed by atoms with Crippen molar-refractivity contribution in [1.29, 1.82) is 0 Å². The molecule has 0 saturated carbocycles. The van der Waals surface area contributed by atoms with Crippen LogP contribution < -0.4 is 10.2 Å². The number of nitrogens with zero attached hydrogens (tertiary/aromatic N) is 1. The van der Waals surface area contributed by atoms with Gasteiger partial charge < -0.3 is 10.2 Å². The number of carbonyl (C=O) groups is 1. The molecule has 1 N–H and O–H groups in total. The quantitative estimate of drug-likeness (QED) is 0.201. The maximum absolute atomic E-state index is 13.6. The molecule has 1 aliphatic carbocycles. The van der Waals surface area contributed by atoms with Gasteiger partial charge in [0.15, 0.2) is 0 Å². The Kier molecular flexibility index (Phi) is 5.51. The average molecular weight is 495 g/mol. The zero-order valence-electron chi connectivity index (χ0n) is 21.5. The molecule has 0 bridgehead atoms. The van der Waals surface area contributed by atoms with E-state index < -0.39 is 0 Å². The number of para-hydroxylation sites is 1. The molecule has 3 unspecified atom stereocenters. The monoisotopic (exact) mass is 494 g/mol. The van der Waals surface area contributed by atoms with Crippen molar-refractivity contribution < 1.29 is 4.79 Å². The van der Waals surface area contributed by atoms with Gasteiger partial charge >= 0.3 is 0 Å². The fourth-order valence-electron chi connectivity index (χ4n) is 6.60. The van der Waals surface area contributed by atoms with E-state index in [1.54, 1.807) is 0 Å². The Morgan fingerprint density at radius 2 is 1.53 bits per heavy atom. The smallest absolute Gasteiger partial charge is 0.258 e. The molecule has 1 aliphatic heterocycles. The van der Waals surface area contributed by atoms with Crippen LogP contribution in [0.4, 0.5) is 11.4 Å². The van der Waals surface area contributed by atoms with Crippen molar-refractivity contribution in [2.24, 2.45) is 5.92 Å². The number of carbonyl (C=O) groups excluding carboxylic acids is 1. The number of nitrogens with one attached hydrogen (secondary N) is 1. The van der Waals surface area contributed by atoms with E-state index in [2.05, 4.69) is 84.2 Å². The SMILES string of the molecule is CCN(C(=O)c1ccc2c(c1)C1C=CCC1C(c1c3ccccc3cc3ccccc13)N2)c1ccccc1. The van der Waals surface area contributed by atoms with E-state index >= 15 is 0 Å². The number of hydrogen-bond donors (Lipinski definition) is 1. The summed E-state index contributed by atoms with van der Waals surface area (Å²) in [6.45, 7) is 2.65. The van der Waals surface area contributed by atoms with Crippen LogP contribution in [-0.4, -0.2) is 12.5 Å². The first-order valence-corrected chi connectivity index (χ1v) is 13.6. The summed E-state index contributed by atoms with van der Waals surface area (Å²) in [5, 5.41) is 9.12. The van der Waals surface area contributed by atoms with Crippen molar-refractivity contribution >= 4 is 38.8 Å². The Morgan fingerprint density at radius 3 is 2.24 bits per heavy atom. The van der Waals surface area contributed by atoms with Crippen LogP contribution in [0.1, 0.15) is 46.8 Å². The van der Waals surface area contributed by atoms with Crippen LogP contribution in [0, 0.1) is 5.92 Å². The second-order valence-electron chi connectivity index (χ2n) is 10.4. The number of benzene rings is 5. The number of hydrogen-bond acceptors (Lipinski definition) is 2. The molecule has 5 aromatic rings. The minimum Gasteiger partial charge on any atom is -0.378 e. The van der Waals surface area contributed by atoms with E-state index in [-0.39, 0.29) is 17.9 Å². The van der Waals surface area contributed by atoms with Crippen molar-refractivity contribution in [2.75, 3.05) is 16.8 Å². The van der Waals surface area contributed by atoms with Gasteiger partial charge in [0, 0.05) is 29.4 Å². The summed E-state index contributed by atoms with van der Waals surface area (Å²) in [4.78, 5) is 15.5. The van der Waals surface area contributed by atoms with Crippen LogP contribution in [0.25, 0.3) is 21.5 Å². The van der Waals surface area contributed by atoms with Gasteiger partial charge in [0.2, 0.25) is 0 Å². The van der Waals surface area contributed by atoms with Crippen LogP contribution in [0.5, 0.6) is 0 Å². The van der Waals surface area contributed by atoms with Crippen LogP contribution in [0.15, 0.2) is 115 Å². The summed E-state index contributed by atoms with van der Waals surface area (Å²) >= 11 is 0. The highest BCUT2D eigenvalue weighted by Crippen LogP contribution is 2.52. The third-order valence-corrected chi connectivity index (χ3v) is 8.36. The molecule has 3 nitrogen and oxygen atoms in total. The first-order valence-electron chi connectivity index (χ1n) is 13.6. The molecular weight excluding hydrogens is 464 g/mol. The molecular formula is C35H30N2O. The number of amides is 1. The Labute approximate surface area is 223 Å². The van der Waals surface area contributed by atoms with Crippen molar-refractivity contribution in [1.82, 2.24) is 0 Å². The predicted octanol–water partition coefficient (Wildman–Crippen LogP) is 8.49. The normalized spacial score (nSPS) is 19.7. The van der Waals surface area contributed by atoms with E-state index in [1.807, 2.05) is 48.2 Å². The summed E-state index contributed by atoms with van der Waals surface area (Å²) < 4.78 is 0. The highest BCUT2D eigenvalue weighted by atomic mass is 16.2. The lowest BCUT2D eigenvalue weighted by molar-refractivity contribution is 0.0988. The fraction of sp³-hybridized carbons (Fsp3) is 0.171. The first kappa shape index (κ1) is 22.8. The van der Waals surface area contributed by atoms with Gasteiger partial charge in [-0.3, -0.25) is 4.79 Å². The molecule has 0 spiro atoms. The lowest BCUT2D eigenvalue weighted by Crippen LogP contribution is -2.32. The van der Waals surface area contributed by atoms with E-state index in [4.69, 9.17) is 0 Å². The number of allylic oxidation sites excluding steroid dienone is 2. The van der Waals surface area contributed by atoms with Crippen molar-refractivity contribution in [3.8, 4) is 0 Å². The van der Waals surface area contributed by atoms with Gasteiger partial charge in [0.1, 0.15) is 0 Å². The molecule has 7 rings (SSSR count). The molecule has 186 valence electrons. The lowest BCUT2D eigenvalue weighted by Gasteiger charge is -2.39. The molecule has 0 radical (unpaired) electrons. The minimum absolute atomic E-state index is 0.0437. The van der Waals surface area contributed by atoms with E-state index in [0.717, 1.165) is 23.4 Å². The minimum atomic E-state index is 0.0437. The van der Waals surface area contributed by atoms with E-state index in [9.17, 15) is 4.79 Å². The largest absolute Gasteiger partial charge is 0.378 e. The van der Waals surface area contributed by atoms with E-state index in [1.165, 1.54) is 32.7 Å². The molecule has 0 saturated heterocycles. The lowest BCUT2D eigenvalue weighted by atomic mass is 9.74. The molecule has 0 fully saturated rings. The molecule has 3 atom stereocenters. The van der Waals surface area contributed by atoms with Gasteiger partial charge in [0.05, 0.1) is 6.04 Å². The summed E-state index contributed by atoms with van der Waals surface area (Å²) in [5.74, 6) is 0.703. The molecule has 1 heterocycles. The van der Waals surface area contributed by atoms with Crippen LogP contribution in [0.2, 0.25) is 0 Å². The predicted molar refractivity (Wildman–Crippen MR) is 158 cm³/mol. The Hall–Kier alpha value is -4.37. The standard InChI is InChI=1S/C35H30N2O/c1-2-37(26-13-4-3-5-14-26)35(38)25-19-20-32-31(22-25)29-17-10-18-30(29)34(36-32)33-27-15-8-6-11-23(27)21-24-12-7-9-16-28(24)33/h3-17,19-22,29-30,34,36H,2,18H2,1H3. The summed E-state index contributed by atoms with van der Waals surface area (Å²) in [5.41, 5.74) is 5.39. The molecule has 2 aliphatic rings. The van der Waals surface area contributed by atoms with Crippen molar-refractivity contribution in [2.45, 2.75) is 25.3 Å². The zero-order chi connectivity index (χ0) is 25.6. The molecule has 1 amide bonds. The Bertz CT molecular complexity index is 1650. The summed E-state index contributed by atoms with van der Waals surface area (Å²) in [6.07, 6.45) is 5.69. The van der Waals surface area contributed by atoms with Crippen LogP contribution >= 0.6 is 0 Å². The zero-order valence-corrected chi connectivity index (χ0v) is 21.5. The fourth-order valence-corrected chi connectivity index (χ4v) is 6.60. The van der Waals surface area contributed by atoms with Crippen molar-refractivity contribution in [3.05, 3.63) is 132 Å². The summed E-state index contributed by atoms with van der Waals surface area (Å²) in [6, 6.07) is 36.1. The van der Waals surface area contributed by atoms with Gasteiger partial charge in [-0.25, -0.2) is 0 Å². The van der Waals surface area contributed by atoms with Gasteiger partial charge in [-0.1, -0.05) is 78.9 Å². The summed E-state index contributed by atoms with van der Waals surface area (Å²) in [7, 11) is 0. The second-order valence-corrected chi connectivity index (χ2v) is 10.4. The molecule has 0 aromatic heterocycles. The van der Waals surface area contributed by atoms with E-state index in [0.29, 0.717) is 12.5 Å². The van der Waals surface area contributed by atoms with Gasteiger partial charge in [-0.05, 0) is 88.3 Å².